The van der Waals surface area contributed by atoms with E-state index in [-0.39, 0.29) is 11.5 Å². The number of hydrogen-bond acceptors (Lipinski definition) is 2. The quantitative estimate of drug-likeness (QED) is 0.832. The minimum atomic E-state index is -0.150. The molecule has 2 aliphatic carbocycles. The lowest BCUT2D eigenvalue weighted by Crippen LogP contribution is -2.11. The molecule has 0 amide bonds. The van der Waals surface area contributed by atoms with Crippen LogP contribution in [0.2, 0.25) is 0 Å². The second kappa shape index (κ2) is 4.31. The van der Waals surface area contributed by atoms with E-state index in [0.717, 1.165) is 27.5 Å². The van der Waals surface area contributed by atoms with Crippen LogP contribution in [0.3, 0.4) is 0 Å². The molecule has 0 atom stereocenters. The first-order chi connectivity index (χ1) is 10.6. The smallest absolute Gasteiger partial charge is 0.197 e. The molecule has 0 aliphatic heterocycles. The lowest BCUT2D eigenvalue weighted by Gasteiger charge is -2.13. The topological polar surface area (TPSA) is 37.3 Å². The van der Waals surface area contributed by atoms with Gasteiger partial charge in [-0.2, -0.15) is 0 Å². The first-order valence-corrected chi connectivity index (χ1v) is 7.17. The second-order valence-corrected chi connectivity index (χ2v) is 5.74. The Morgan fingerprint density at radius 1 is 1.05 bits per heavy atom. The van der Waals surface area contributed by atoms with Gasteiger partial charge in [-0.15, -0.1) is 0 Å². The molecular weight excluding hydrogens is 272 g/mol. The van der Waals surface area contributed by atoms with Crippen LogP contribution in [0.15, 0.2) is 71.8 Å². The fourth-order valence-electron chi connectivity index (χ4n) is 3.17. The zero-order chi connectivity index (χ0) is 15.4. The SMILES string of the molecule is C=C(C)C1=CC=C2C(=C(O)c3cc4ccccc4cc32)C1=O. The molecule has 2 aromatic rings. The number of allylic oxidation sites excluding steroid dienone is 6. The highest BCUT2D eigenvalue weighted by molar-refractivity contribution is 6.28. The Labute approximate surface area is 128 Å². The van der Waals surface area contributed by atoms with Crippen molar-refractivity contribution < 1.29 is 9.90 Å². The number of carbonyl (C=O) groups is 1. The Kier molecular flexibility index (Phi) is 2.52. The van der Waals surface area contributed by atoms with Crippen LogP contribution in [0.5, 0.6) is 0 Å². The van der Waals surface area contributed by atoms with Gasteiger partial charge in [-0.3, -0.25) is 4.79 Å². The Bertz CT molecular complexity index is 968. The molecule has 22 heavy (non-hydrogen) atoms. The lowest BCUT2D eigenvalue weighted by atomic mass is 9.88. The van der Waals surface area contributed by atoms with Gasteiger partial charge in [0.25, 0.3) is 0 Å². The van der Waals surface area contributed by atoms with E-state index < -0.39 is 0 Å². The van der Waals surface area contributed by atoms with Crippen LogP contribution in [0.25, 0.3) is 22.1 Å². The predicted molar refractivity (Wildman–Crippen MR) is 89.4 cm³/mol. The third kappa shape index (κ3) is 1.58. The molecule has 1 N–H and O–H groups in total. The van der Waals surface area contributed by atoms with Crippen molar-refractivity contribution >= 4 is 27.9 Å². The molecule has 0 spiro atoms. The maximum Gasteiger partial charge on any atom is 0.197 e. The molecule has 0 fully saturated rings. The highest BCUT2D eigenvalue weighted by Gasteiger charge is 2.34. The van der Waals surface area contributed by atoms with Crippen LogP contribution < -0.4 is 0 Å². The fraction of sp³-hybridized carbons (Fsp3) is 0.0500. The molecular formula is C20H14O2. The number of fused-ring (bicyclic) bond motifs is 4. The van der Waals surface area contributed by atoms with Crippen molar-refractivity contribution in [3.63, 3.8) is 0 Å². The van der Waals surface area contributed by atoms with E-state index in [2.05, 4.69) is 6.58 Å². The summed E-state index contributed by atoms with van der Waals surface area (Å²) >= 11 is 0. The molecule has 0 bridgehead atoms. The summed E-state index contributed by atoms with van der Waals surface area (Å²) in [6, 6.07) is 12.0. The third-order valence-corrected chi connectivity index (χ3v) is 4.29. The van der Waals surface area contributed by atoms with Crippen LogP contribution in [-0.2, 0) is 4.79 Å². The van der Waals surface area contributed by atoms with Crippen molar-refractivity contribution in [2.24, 2.45) is 0 Å². The molecule has 0 heterocycles. The predicted octanol–water partition coefficient (Wildman–Crippen LogP) is 4.59. The van der Waals surface area contributed by atoms with E-state index in [0.29, 0.717) is 16.7 Å². The molecule has 0 radical (unpaired) electrons. The zero-order valence-electron chi connectivity index (χ0n) is 12.2. The first-order valence-electron chi connectivity index (χ1n) is 7.17. The van der Waals surface area contributed by atoms with Gasteiger partial charge in [0.2, 0.25) is 0 Å². The summed E-state index contributed by atoms with van der Waals surface area (Å²) < 4.78 is 0. The van der Waals surface area contributed by atoms with E-state index in [1.54, 1.807) is 13.0 Å². The highest BCUT2D eigenvalue weighted by atomic mass is 16.3. The summed E-state index contributed by atoms with van der Waals surface area (Å²) in [6.07, 6.45) is 3.69. The molecule has 106 valence electrons. The summed E-state index contributed by atoms with van der Waals surface area (Å²) in [4.78, 5) is 12.6. The zero-order valence-corrected chi connectivity index (χ0v) is 12.2. The van der Waals surface area contributed by atoms with E-state index in [9.17, 15) is 9.90 Å². The minimum Gasteiger partial charge on any atom is -0.507 e. The van der Waals surface area contributed by atoms with Gasteiger partial charge < -0.3 is 5.11 Å². The summed E-state index contributed by atoms with van der Waals surface area (Å²) in [5.74, 6) is -0.0772. The van der Waals surface area contributed by atoms with Crippen LogP contribution in [0.1, 0.15) is 18.1 Å². The average Bonchev–Trinajstić information content (AvgIpc) is 2.78. The number of rotatable bonds is 1. The fourth-order valence-corrected chi connectivity index (χ4v) is 3.17. The molecule has 2 aromatic carbocycles. The average molecular weight is 286 g/mol. The van der Waals surface area contributed by atoms with Crippen molar-refractivity contribution in [1.82, 2.24) is 0 Å². The summed E-state index contributed by atoms with van der Waals surface area (Å²) in [5.41, 5.74) is 4.10. The van der Waals surface area contributed by atoms with Gasteiger partial charge in [0.1, 0.15) is 5.76 Å². The maximum absolute atomic E-state index is 12.6. The van der Waals surface area contributed by atoms with E-state index in [1.807, 2.05) is 42.5 Å². The Morgan fingerprint density at radius 3 is 2.32 bits per heavy atom. The van der Waals surface area contributed by atoms with Gasteiger partial charge in [-0.1, -0.05) is 43.0 Å². The van der Waals surface area contributed by atoms with E-state index in [4.69, 9.17) is 0 Å². The van der Waals surface area contributed by atoms with Gasteiger partial charge >= 0.3 is 0 Å². The minimum absolute atomic E-state index is 0.0730. The van der Waals surface area contributed by atoms with Crippen molar-refractivity contribution in [2.75, 3.05) is 0 Å². The number of ketones is 1. The standard InChI is InChI=1S/C20H14O2/c1-11(2)14-7-8-15-16-9-12-5-3-4-6-13(12)10-17(16)20(22)18(15)19(14)21/h3-10,22H,1H2,2H3. The number of Topliss-reactive ketones (excluding diaryl/α,β-unsaturated/α-hetero) is 1. The van der Waals surface area contributed by atoms with Crippen molar-refractivity contribution in [1.29, 1.82) is 0 Å². The molecule has 2 heteroatoms. The van der Waals surface area contributed by atoms with Crippen LogP contribution >= 0.6 is 0 Å². The van der Waals surface area contributed by atoms with Crippen molar-refractivity contribution in [3.8, 4) is 0 Å². The van der Waals surface area contributed by atoms with Gasteiger partial charge in [0.05, 0.1) is 5.57 Å². The molecule has 2 nitrogen and oxygen atoms in total. The van der Waals surface area contributed by atoms with Crippen molar-refractivity contribution in [2.45, 2.75) is 6.92 Å². The number of aliphatic hydroxyl groups is 1. The van der Waals surface area contributed by atoms with Crippen LogP contribution in [-0.4, -0.2) is 10.9 Å². The summed E-state index contributed by atoms with van der Waals surface area (Å²) in [7, 11) is 0. The highest BCUT2D eigenvalue weighted by Crippen LogP contribution is 2.45. The molecule has 0 saturated heterocycles. The Morgan fingerprint density at radius 2 is 1.68 bits per heavy atom. The van der Waals surface area contributed by atoms with Gasteiger partial charge in [0.15, 0.2) is 5.78 Å². The normalized spacial score (nSPS) is 16.3. The Hall–Kier alpha value is -2.87. The monoisotopic (exact) mass is 286 g/mol. The van der Waals surface area contributed by atoms with E-state index >= 15 is 0 Å². The number of carbonyl (C=O) groups excluding carboxylic acids is 1. The van der Waals surface area contributed by atoms with Crippen molar-refractivity contribution in [3.05, 3.63) is 83.0 Å². The molecule has 0 aromatic heterocycles. The molecule has 2 aliphatic rings. The third-order valence-electron chi connectivity index (χ3n) is 4.29. The lowest BCUT2D eigenvalue weighted by molar-refractivity contribution is -0.111. The largest absolute Gasteiger partial charge is 0.507 e. The Balaban J connectivity index is 2.01. The van der Waals surface area contributed by atoms with Crippen LogP contribution in [0, 0.1) is 0 Å². The van der Waals surface area contributed by atoms with Gasteiger partial charge in [-0.25, -0.2) is 0 Å². The molecule has 0 unspecified atom stereocenters. The van der Waals surface area contributed by atoms with Crippen LogP contribution in [0.4, 0.5) is 0 Å². The second-order valence-electron chi connectivity index (χ2n) is 5.74. The first kappa shape index (κ1) is 12.8. The van der Waals surface area contributed by atoms with Gasteiger partial charge in [0, 0.05) is 11.1 Å². The maximum atomic E-state index is 12.6. The molecule has 0 saturated carbocycles. The summed E-state index contributed by atoms with van der Waals surface area (Å²) in [6.45, 7) is 5.64. The van der Waals surface area contributed by atoms with E-state index in [1.165, 1.54) is 0 Å². The summed E-state index contributed by atoms with van der Waals surface area (Å²) in [5, 5.41) is 12.7. The number of aliphatic hydroxyl groups excluding tert-OH is 1. The number of hydrogen-bond donors (Lipinski definition) is 1. The number of benzene rings is 2. The molecule has 4 rings (SSSR count). The van der Waals surface area contributed by atoms with Gasteiger partial charge in [-0.05, 0) is 46.5 Å².